The Morgan fingerprint density at radius 1 is 1.12 bits per heavy atom. The Labute approximate surface area is 257 Å². The van der Waals surface area contributed by atoms with Crippen LogP contribution >= 0.6 is 0 Å². The van der Waals surface area contributed by atoms with Crippen molar-refractivity contribution >= 4 is 23.6 Å². The third-order valence-corrected chi connectivity index (χ3v) is 5.23. The minimum Gasteiger partial charge on any atom is -0.697 e. The largest absolute Gasteiger partial charge is 4.00 e. The van der Waals surface area contributed by atoms with Crippen LogP contribution in [0.1, 0.15) is 47.4 Å². The van der Waals surface area contributed by atoms with Crippen LogP contribution in [0.2, 0.25) is 0 Å². The Kier molecular flexibility index (Phi) is 21.8. The number of aryl methyl sites for hydroxylation is 1. The van der Waals surface area contributed by atoms with Crippen LogP contribution in [-0.4, -0.2) is 17.9 Å². The van der Waals surface area contributed by atoms with Crippen molar-refractivity contribution in [2.45, 2.75) is 40.8 Å². The topological polar surface area (TPSA) is 82.1 Å². The molecule has 3 rings (SSSR count). The second-order valence-electron chi connectivity index (χ2n) is 7.50. The van der Waals surface area contributed by atoms with Crippen LogP contribution in [0.25, 0.3) is 22.6 Å². The molecule has 0 saturated carbocycles. The molecule has 1 N–H and O–H groups in total. The molecule has 9 heteroatoms. The number of aliphatic imine (C=N–C) groups is 1. The first-order valence-corrected chi connectivity index (χ1v) is 11.3. The summed E-state index contributed by atoms with van der Waals surface area (Å²) in [6.45, 7) is 19.4. The maximum absolute atomic E-state index is 13.8. The van der Waals surface area contributed by atoms with E-state index in [-0.39, 0.29) is 75.8 Å². The van der Waals surface area contributed by atoms with E-state index in [0.717, 1.165) is 17.2 Å². The van der Waals surface area contributed by atoms with Crippen molar-refractivity contribution in [1.82, 2.24) is 4.98 Å². The van der Waals surface area contributed by atoms with Gasteiger partial charge in [-0.3, -0.25) is 9.98 Å². The summed E-state index contributed by atoms with van der Waals surface area (Å²) in [4.78, 5) is 7.39. The molecule has 2 heterocycles. The van der Waals surface area contributed by atoms with Gasteiger partial charge in [0.05, 0.1) is 5.57 Å². The van der Waals surface area contributed by atoms with E-state index in [0.29, 0.717) is 11.1 Å². The number of nitrogens with one attached hydrogen (secondary N) is 1. The predicted octanol–water partition coefficient (Wildman–Crippen LogP) is 10.1. The molecule has 0 atom stereocenters. The van der Waals surface area contributed by atoms with Crippen molar-refractivity contribution in [3.8, 4) is 11.8 Å². The molecule has 0 amide bonds. The summed E-state index contributed by atoms with van der Waals surface area (Å²) in [7, 11) is 0. The molecule has 0 saturated heterocycles. The molecule has 1 aromatic carbocycles. The van der Waals surface area contributed by atoms with E-state index in [4.69, 9.17) is 10.5 Å². The molecule has 41 heavy (non-hydrogen) atoms. The Hall–Kier alpha value is -3.76. The molecule has 1 aliphatic rings. The Morgan fingerprint density at radius 2 is 1.71 bits per heavy atom. The van der Waals surface area contributed by atoms with Crippen molar-refractivity contribution in [3.63, 3.8) is 0 Å². The number of rotatable bonds is 4. The Morgan fingerprint density at radius 3 is 2.15 bits per heavy atom. The summed E-state index contributed by atoms with van der Waals surface area (Å²) in [5.74, 6) is -0.115. The first-order valence-electron chi connectivity index (χ1n) is 11.3. The molecule has 0 spiro atoms. The zero-order valence-electron chi connectivity index (χ0n) is 25.0. The molecule has 0 aliphatic carbocycles. The second kappa shape index (κ2) is 20.2. The van der Waals surface area contributed by atoms with E-state index < -0.39 is 11.7 Å². The fourth-order valence-corrected chi connectivity index (χ4v) is 3.23. The fraction of sp³-hybridized carbons (Fsp3) is 0.188. The van der Waals surface area contributed by atoms with Gasteiger partial charge >= 0.3 is 25.7 Å². The van der Waals surface area contributed by atoms with Gasteiger partial charge < -0.3 is 32.8 Å². The first-order chi connectivity index (χ1) is 17.5. The van der Waals surface area contributed by atoms with Crippen LogP contribution in [0.4, 0.5) is 13.2 Å². The van der Waals surface area contributed by atoms with Gasteiger partial charge in [-0.25, -0.2) is 0 Å². The second-order valence-corrected chi connectivity index (χ2v) is 7.50. The van der Waals surface area contributed by atoms with Gasteiger partial charge in [0.25, 0.3) is 0 Å². The zero-order valence-corrected chi connectivity index (χ0v) is 26.7. The number of alkyl halides is 3. The molecule has 2 aromatic rings. The summed E-state index contributed by atoms with van der Waals surface area (Å²) in [5, 5.41) is 9.68. The van der Waals surface area contributed by atoms with Gasteiger partial charge in [-0.05, 0) is 80.1 Å². The summed E-state index contributed by atoms with van der Waals surface area (Å²) >= 11 is 0. The van der Waals surface area contributed by atoms with E-state index in [1.165, 1.54) is 24.4 Å². The van der Waals surface area contributed by atoms with Gasteiger partial charge in [0.2, 0.25) is 0 Å². The van der Waals surface area contributed by atoms with Crippen LogP contribution in [0, 0.1) is 54.4 Å². The number of fused-ring (bicyclic) bond motifs is 1. The molecule has 0 fully saturated rings. The number of nitrogens with zero attached hydrogens (tertiary/aromatic N) is 3. The molecule has 222 valence electrons. The van der Waals surface area contributed by atoms with Crippen LogP contribution in [0.15, 0.2) is 72.7 Å². The van der Waals surface area contributed by atoms with E-state index in [1.807, 2.05) is 26.8 Å². The molecule has 0 unspecified atom stereocenters. The summed E-state index contributed by atoms with van der Waals surface area (Å²) < 4.78 is 47.3. The first kappa shape index (κ1) is 44.3. The van der Waals surface area contributed by atoms with Crippen molar-refractivity contribution < 1.29 is 37.4 Å². The number of halogens is 3. The van der Waals surface area contributed by atoms with Gasteiger partial charge in [0.15, 0.2) is 0 Å². The predicted molar refractivity (Wildman–Crippen MR) is 165 cm³/mol. The van der Waals surface area contributed by atoms with Crippen molar-refractivity contribution in [1.29, 1.82) is 5.26 Å². The molecular formula is C32H39F3N4ORu. The van der Waals surface area contributed by atoms with Crippen LogP contribution in [0.5, 0.6) is 5.75 Å². The molecule has 5 nitrogen and oxygen atoms in total. The zero-order chi connectivity index (χ0) is 28.3. The van der Waals surface area contributed by atoms with E-state index in [2.05, 4.69) is 29.9 Å². The van der Waals surface area contributed by atoms with Crippen LogP contribution in [0.3, 0.4) is 0 Å². The van der Waals surface area contributed by atoms with E-state index in [1.54, 1.807) is 32.2 Å². The van der Waals surface area contributed by atoms with Gasteiger partial charge in [0, 0.05) is 23.7 Å². The van der Waals surface area contributed by atoms with Gasteiger partial charge in [0.1, 0.15) is 23.2 Å². The van der Waals surface area contributed by atoms with Gasteiger partial charge in [-0.1, -0.05) is 26.5 Å². The van der Waals surface area contributed by atoms with E-state index >= 15 is 0 Å². The number of pyridine rings is 1. The van der Waals surface area contributed by atoms with Gasteiger partial charge in [-0.15, -0.1) is 12.3 Å². The average Bonchev–Trinajstić information content (AvgIpc) is 2.87. The summed E-state index contributed by atoms with van der Waals surface area (Å²) in [6, 6.07) is 6.28. The minimum absolute atomic E-state index is 0. The number of hydrogen-bond donors (Lipinski definition) is 0. The SMILES string of the molecule is C=C([NH-])c1cc(/C(C#N)=C2/C=C(C(F)(F)F)c3cc(C)c(C)c(C)c3O2)ccn1.C=C/C=C\N=C.CC.[CH3-].[CH3-].[CH3-].[Ru+4]. The molecule has 1 aromatic heterocycles. The van der Waals surface area contributed by atoms with Crippen LogP contribution < -0.4 is 4.74 Å². The molecular weight excluding hydrogens is 614 g/mol. The Balaban J connectivity index is -0.000000509. The average molecular weight is 654 g/mol. The van der Waals surface area contributed by atoms with Crippen molar-refractivity contribution in [2.75, 3.05) is 0 Å². The van der Waals surface area contributed by atoms with E-state index in [9.17, 15) is 18.4 Å². The molecule has 1 aliphatic heterocycles. The summed E-state index contributed by atoms with van der Waals surface area (Å²) in [6.07, 6.45) is 2.53. The van der Waals surface area contributed by atoms with Gasteiger partial charge in [-0.2, -0.15) is 18.4 Å². The van der Waals surface area contributed by atoms with Crippen molar-refractivity contribution in [3.05, 3.63) is 129 Å². The quantitative estimate of drug-likeness (QED) is 0.108. The smallest absolute Gasteiger partial charge is 0.697 e. The number of aromatic nitrogens is 1. The van der Waals surface area contributed by atoms with Crippen molar-refractivity contribution in [2.24, 2.45) is 4.99 Å². The number of ether oxygens (including phenoxy) is 1. The monoisotopic (exact) mass is 654 g/mol. The maximum atomic E-state index is 13.8. The standard InChI is InChI=1S/C22H17F3N3O.C5H7N.C2H6.3CH3.Ru/c1-11-7-16-18(22(23,24)25)9-20(29-21(16)13(3)12(11)2)17(10-26)15-5-6-28-19(8-15)14(4)27;1-3-4-5-6-2;1-2;;;;/h5-9,27H,4H2,1-3H3;3-5H,1-2H2;1-2H3;3*1H3;/q-1;;;3*-1;+4/b20-17-;5-4-;;;;;. The number of allylic oxidation sites excluding steroid dienone is 5. The molecule has 0 bridgehead atoms. The third-order valence-electron chi connectivity index (χ3n) is 5.23. The summed E-state index contributed by atoms with van der Waals surface area (Å²) in [5.41, 5.74) is 9.16. The fourth-order valence-electron chi connectivity index (χ4n) is 3.23. The van der Waals surface area contributed by atoms with Crippen LogP contribution in [-0.2, 0) is 19.5 Å². The normalized spacial score (nSPS) is 12.0. The number of hydrogen-bond acceptors (Lipinski definition) is 4. The maximum Gasteiger partial charge on any atom is 4.00 e. The number of benzene rings is 1. The molecule has 0 radical (unpaired) electrons. The minimum atomic E-state index is -4.63. The number of nitriles is 1. The third kappa shape index (κ3) is 11.3. The Bertz CT molecular complexity index is 1310.